The Kier molecular flexibility index (Phi) is 2.67. The van der Waals surface area contributed by atoms with Gasteiger partial charge in [-0.15, -0.1) is 0 Å². The van der Waals surface area contributed by atoms with Gasteiger partial charge in [0, 0.05) is 0 Å². The van der Waals surface area contributed by atoms with Crippen molar-refractivity contribution in [3.63, 3.8) is 0 Å². The van der Waals surface area contributed by atoms with Crippen molar-refractivity contribution in [2.75, 3.05) is 0 Å². The molecule has 0 fully saturated rings. The second kappa shape index (κ2) is 2.80. The summed E-state index contributed by atoms with van der Waals surface area (Å²) in [7, 11) is 0. The van der Waals surface area contributed by atoms with E-state index in [-0.39, 0.29) is 0 Å². The van der Waals surface area contributed by atoms with Crippen molar-refractivity contribution >= 4 is 21.8 Å². The molecule has 0 unspecified atom stereocenters. The first kappa shape index (κ1) is 6.69. The molecule has 0 spiro atoms. The first-order valence-electron chi connectivity index (χ1n) is 1.80. The third kappa shape index (κ3) is 2.39. The lowest BCUT2D eigenvalue weighted by atomic mass is 10.5. The van der Waals surface area contributed by atoms with E-state index in [1.165, 1.54) is 0 Å². The summed E-state index contributed by atoms with van der Waals surface area (Å²) in [6.07, 6.45) is 1.60. The molecule has 0 aliphatic carbocycles. The second-order valence-corrected chi connectivity index (χ2v) is 1.86. The number of carbonyl (C=O) groups excluding carboxylic acids is 1. The molecule has 0 rings (SSSR count). The van der Waals surface area contributed by atoms with Crippen LogP contribution in [0.5, 0.6) is 0 Å². The molecule has 0 aromatic carbocycles. The van der Waals surface area contributed by atoms with Gasteiger partial charge in [0.15, 0.2) is 0 Å². The quantitative estimate of drug-likeness (QED) is 0.571. The Balaban J connectivity index is 3.82. The van der Waals surface area contributed by atoms with E-state index < -0.39 is 5.91 Å². The molecule has 7 heavy (non-hydrogen) atoms. The summed E-state index contributed by atoms with van der Waals surface area (Å²) in [6, 6.07) is 0. The molecular weight excluding hydrogens is 158 g/mol. The zero-order valence-electron chi connectivity index (χ0n) is 3.94. The molecule has 0 bridgehead atoms. The first-order valence-corrected chi connectivity index (χ1v) is 2.59. The first-order chi connectivity index (χ1) is 3.18. The topological polar surface area (TPSA) is 43.1 Å². The zero-order chi connectivity index (χ0) is 5.86. The van der Waals surface area contributed by atoms with Gasteiger partial charge in [0.25, 0.3) is 5.91 Å². The molecule has 0 aromatic rings. The highest BCUT2D eigenvalue weighted by Crippen LogP contribution is 2.00. The average molecular weight is 164 g/mol. The van der Waals surface area contributed by atoms with Gasteiger partial charge in [-0.25, -0.2) is 0 Å². The van der Waals surface area contributed by atoms with E-state index in [4.69, 9.17) is 5.73 Å². The predicted molar refractivity (Wildman–Crippen MR) is 31.9 cm³/mol. The van der Waals surface area contributed by atoms with Crippen molar-refractivity contribution in [2.45, 2.75) is 6.92 Å². The van der Waals surface area contributed by atoms with Crippen molar-refractivity contribution in [1.82, 2.24) is 0 Å². The van der Waals surface area contributed by atoms with Gasteiger partial charge in [0.1, 0.15) is 0 Å². The smallest absolute Gasteiger partial charge is 0.255 e. The molecule has 0 aliphatic heterocycles. The van der Waals surface area contributed by atoms with E-state index in [1.807, 2.05) is 0 Å². The van der Waals surface area contributed by atoms with Crippen LogP contribution in [0, 0.1) is 0 Å². The largest absolute Gasteiger partial charge is 0.365 e. The van der Waals surface area contributed by atoms with E-state index >= 15 is 0 Å². The second-order valence-electron chi connectivity index (χ2n) is 1.00. The van der Waals surface area contributed by atoms with Crippen LogP contribution in [0.15, 0.2) is 10.6 Å². The molecule has 0 heterocycles. The van der Waals surface area contributed by atoms with Crippen LogP contribution in [0.25, 0.3) is 0 Å². The molecular formula is C4H6BrNO. The Morgan fingerprint density at radius 2 is 2.29 bits per heavy atom. The summed E-state index contributed by atoms with van der Waals surface area (Å²) in [6.45, 7) is 1.73. The van der Waals surface area contributed by atoms with Crippen molar-refractivity contribution in [3.05, 3.63) is 10.6 Å². The number of halogens is 1. The van der Waals surface area contributed by atoms with E-state index in [2.05, 4.69) is 15.9 Å². The molecule has 0 aliphatic rings. The number of nitrogens with two attached hydrogens (primary N) is 1. The third-order valence-corrected chi connectivity index (χ3v) is 1.34. The molecule has 3 heteroatoms. The van der Waals surface area contributed by atoms with Crippen LogP contribution in [0.1, 0.15) is 6.92 Å². The van der Waals surface area contributed by atoms with Crippen LogP contribution in [-0.2, 0) is 4.79 Å². The summed E-state index contributed by atoms with van der Waals surface area (Å²) >= 11 is 2.93. The molecule has 0 atom stereocenters. The molecule has 0 saturated carbocycles. The predicted octanol–water partition coefficient (Wildman–Crippen LogP) is 0.770. The van der Waals surface area contributed by atoms with Crippen molar-refractivity contribution in [1.29, 1.82) is 0 Å². The van der Waals surface area contributed by atoms with Gasteiger partial charge in [-0.3, -0.25) is 4.79 Å². The fraction of sp³-hybridized carbons (Fsp3) is 0.250. The zero-order valence-corrected chi connectivity index (χ0v) is 5.53. The molecule has 1 amide bonds. The van der Waals surface area contributed by atoms with Gasteiger partial charge in [-0.2, -0.15) is 0 Å². The van der Waals surface area contributed by atoms with E-state index in [0.29, 0.717) is 4.48 Å². The lowest BCUT2D eigenvalue weighted by Gasteiger charge is -1.83. The highest BCUT2D eigenvalue weighted by molar-refractivity contribution is 9.12. The molecule has 0 aromatic heterocycles. The van der Waals surface area contributed by atoms with Gasteiger partial charge in [-0.1, -0.05) is 6.08 Å². The minimum absolute atomic E-state index is 0.424. The maximum absolute atomic E-state index is 10.0. The molecule has 0 radical (unpaired) electrons. The third-order valence-electron chi connectivity index (χ3n) is 0.489. The van der Waals surface area contributed by atoms with Crippen LogP contribution < -0.4 is 5.73 Å². The molecule has 2 nitrogen and oxygen atoms in total. The van der Waals surface area contributed by atoms with E-state index in [9.17, 15) is 4.79 Å². The Labute approximate surface area is 50.5 Å². The fourth-order valence-electron chi connectivity index (χ4n) is 0.142. The van der Waals surface area contributed by atoms with Crippen LogP contribution in [0.3, 0.4) is 0 Å². The van der Waals surface area contributed by atoms with Crippen LogP contribution in [0.4, 0.5) is 0 Å². The SMILES string of the molecule is CC=C(Br)C(N)=O. The Morgan fingerprint density at radius 3 is 2.29 bits per heavy atom. The minimum atomic E-state index is -0.428. The highest BCUT2D eigenvalue weighted by atomic mass is 79.9. The molecule has 40 valence electrons. The lowest BCUT2D eigenvalue weighted by Crippen LogP contribution is -2.09. The molecule has 0 saturated heterocycles. The minimum Gasteiger partial charge on any atom is -0.365 e. The number of carbonyl (C=O) groups is 1. The maximum Gasteiger partial charge on any atom is 0.255 e. The van der Waals surface area contributed by atoms with Crippen molar-refractivity contribution in [2.24, 2.45) is 5.73 Å². The van der Waals surface area contributed by atoms with E-state index in [1.54, 1.807) is 13.0 Å². The fourth-order valence-corrected chi connectivity index (χ4v) is 0.142. The summed E-state index contributed by atoms with van der Waals surface area (Å²) in [5.41, 5.74) is 4.79. The number of allylic oxidation sites excluding steroid dienone is 1. The van der Waals surface area contributed by atoms with Gasteiger partial charge < -0.3 is 5.73 Å². The van der Waals surface area contributed by atoms with Gasteiger partial charge in [0.2, 0.25) is 0 Å². The summed E-state index contributed by atoms with van der Waals surface area (Å²) in [5.74, 6) is -0.428. The average Bonchev–Trinajstić information content (AvgIpc) is 1.65. The summed E-state index contributed by atoms with van der Waals surface area (Å²) in [5, 5.41) is 0. The highest BCUT2D eigenvalue weighted by Gasteiger charge is 1.92. The summed E-state index contributed by atoms with van der Waals surface area (Å²) < 4.78 is 0.424. The van der Waals surface area contributed by atoms with Gasteiger partial charge >= 0.3 is 0 Å². The Morgan fingerprint density at radius 1 is 1.86 bits per heavy atom. The monoisotopic (exact) mass is 163 g/mol. The number of rotatable bonds is 1. The van der Waals surface area contributed by atoms with Gasteiger partial charge in [-0.05, 0) is 22.9 Å². The maximum atomic E-state index is 10.0. The van der Waals surface area contributed by atoms with Crippen LogP contribution >= 0.6 is 15.9 Å². The Bertz CT molecular complexity index is 108. The number of hydrogen-bond donors (Lipinski definition) is 1. The lowest BCUT2D eigenvalue weighted by molar-refractivity contribution is -0.113. The van der Waals surface area contributed by atoms with Crippen molar-refractivity contribution in [3.8, 4) is 0 Å². The van der Waals surface area contributed by atoms with E-state index in [0.717, 1.165) is 0 Å². The van der Waals surface area contributed by atoms with Crippen LogP contribution in [-0.4, -0.2) is 5.91 Å². The number of primary amides is 1. The van der Waals surface area contributed by atoms with Gasteiger partial charge in [0.05, 0.1) is 4.48 Å². The number of hydrogen-bond acceptors (Lipinski definition) is 1. The standard InChI is InChI=1S/C4H6BrNO/c1-2-3(5)4(6)7/h2H,1H3,(H2,6,7). The van der Waals surface area contributed by atoms with Crippen LogP contribution in [0.2, 0.25) is 0 Å². The number of amides is 1. The van der Waals surface area contributed by atoms with Crippen molar-refractivity contribution < 1.29 is 4.79 Å². The normalized spacial score (nSPS) is 11.4. The summed E-state index contributed by atoms with van der Waals surface area (Å²) in [4.78, 5) is 10.0. The molecule has 2 N–H and O–H groups in total. The Hall–Kier alpha value is -0.310.